The van der Waals surface area contributed by atoms with Crippen LogP contribution >= 0.6 is 0 Å². The Labute approximate surface area is 151 Å². The average molecular weight is 378 g/mol. The zero-order chi connectivity index (χ0) is 19.7. The van der Waals surface area contributed by atoms with Gasteiger partial charge in [-0.2, -0.15) is 0 Å². The quantitative estimate of drug-likeness (QED) is 0.403. The minimum absolute atomic E-state index is 0.0254. The fourth-order valence-electron chi connectivity index (χ4n) is 2.68. The number of allylic oxidation sites excluding steroid dienone is 1. The Morgan fingerprint density at radius 3 is 2.44 bits per heavy atom. The third kappa shape index (κ3) is 2.99. The highest BCUT2D eigenvalue weighted by atomic mass is 19.2. The van der Waals surface area contributed by atoms with Crippen molar-refractivity contribution in [3.05, 3.63) is 59.1 Å². The molecule has 0 atom stereocenters. The van der Waals surface area contributed by atoms with Gasteiger partial charge in [-0.15, -0.1) is 0 Å². The molecule has 0 aliphatic heterocycles. The lowest BCUT2D eigenvalue weighted by atomic mass is 10.0. The van der Waals surface area contributed by atoms with Gasteiger partial charge in [-0.3, -0.25) is 4.79 Å². The molecule has 0 fully saturated rings. The fourth-order valence-corrected chi connectivity index (χ4v) is 2.68. The minimum Gasteiger partial charge on any atom is -0.504 e. The SMILES string of the molecule is COc1c(C(=O)/C=C/c2ccc(F)c(F)c2F)c(O)c(OC)c2occc12. The maximum Gasteiger partial charge on any atom is 0.205 e. The number of carbonyl (C=O) groups excluding carboxylic acids is 1. The van der Waals surface area contributed by atoms with Crippen molar-refractivity contribution in [3.8, 4) is 17.2 Å². The summed E-state index contributed by atoms with van der Waals surface area (Å²) in [4.78, 5) is 12.6. The molecule has 0 aliphatic carbocycles. The molecule has 0 saturated heterocycles. The molecule has 3 aromatic rings. The van der Waals surface area contributed by atoms with Gasteiger partial charge < -0.3 is 19.0 Å². The second kappa shape index (κ2) is 7.06. The Hall–Kier alpha value is -3.42. The van der Waals surface area contributed by atoms with Crippen molar-refractivity contribution >= 4 is 22.8 Å². The van der Waals surface area contributed by atoms with E-state index in [1.807, 2.05) is 0 Å². The van der Waals surface area contributed by atoms with E-state index in [-0.39, 0.29) is 28.2 Å². The van der Waals surface area contributed by atoms with Crippen LogP contribution in [0.4, 0.5) is 13.2 Å². The number of benzene rings is 2. The molecule has 8 heteroatoms. The summed E-state index contributed by atoms with van der Waals surface area (Å²) < 4.78 is 55.6. The molecule has 0 bridgehead atoms. The van der Waals surface area contributed by atoms with Crippen LogP contribution in [0, 0.1) is 17.5 Å². The fraction of sp³-hybridized carbons (Fsp3) is 0.105. The van der Waals surface area contributed by atoms with E-state index in [0.717, 1.165) is 24.3 Å². The molecule has 27 heavy (non-hydrogen) atoms. The van der Waals surface area contributed by atoms with Crippen LogP contribution in [0.25, 0.3) is 17.0 Å². The van der Waals surface area contributed by atoms with Crippen LogP contribution in [0.3, 0.4) is 0 Å². The average Bonchev–Trinajstić information content (AvgIpc) is 3.13. The van der Waals surface area contributed by atoms with Crippen LogP contribution in [0.5, 0.6) is 17.2 Å². The highest BCUT2D eigenvalue weighted by molar-refractivity contribution is 6.15. The molecule has 0 amide bonds. The van der Waals surface area contributed by atoms with Gasteiger partial charge in [0, 0.05) is 5.56 Å². The van der Waals surface area contributed by atoms with E-state index in [1.54, 1.807) is 0 Å². The summed E-state index contributed by atoms with van der Waals surface area (Å²) in [5.41, 5.74) is -0.404. The van der Waals surface area contributed by atoms with Gasteiger partial charge in [0.2, 0.25) is 5.75 Å². The van der Waals surface area contributed by atoms with E-state index in [4.69, 9.17) is 13.9 Å². The van der Waals surface area contributed by atoms with Crippen LogP contribution in [0.2, 0.25) is 0 Å². The lowest BCUT2D eigenvalue weighted by Gasteiger charge is -2.13. The number of aromatic hydroxyl groups is 1. The zero-order valence-electron chi connectivity index (χ0n) is 14.2. The van der Waals surface area contributed by atoms with E-state index in [9.17, 15) is 23.1 Å². The monoisotopic (exact) mass is 378 g/mol. The molecular formula is C19H13F3O5. The van der Waals surface area contributed by atoms with Gasteiger partial charge in [0.1, 0.15) is 11.3 Å². The Kier molecular flexibility index (Phi) is 4.81. The molecular weight excluding hydrogens is 365 g/mol. The number of ether oxygens (including phenoxy) is 2. The predicted molar refractivity (Wildman–Crippen MR) is 90.7 cm³/mol. The molecule has 0 saturated carbocycles. The normalized spacial score (nSPS) is 11.3. The molecule has 2 aromatic carbocycles. The van der Waals surface area contributed by atoms with Gasteiger partial charge in [-0.25, -0.2) is 13.2 Å². The van der Waals surface area contributed by atoms with Crippen LogP contribution < -0.4 is 9.47 Å². The summed E-state index contributed by atoms with van der Waals surface area (Å²) in [5.74, 6) is -5.77. The molecule has 1 aromatic heterocycles. The summed E-state index contributed by atoms with van der Waals surface area (Å²) in [5, 5.41) is 10.8. The first-order valence-electron chi connectivity index (χ1n) is 7.60. The molecule has 1 N–H and O–H groups in total. The van der Waals surface area contributed by atoms with Crippen molar-refractivity contribution in [1.82, 2.24) is 0 Å². The number of phenolic OH excluding ortho intramolecular Hbond substituents is 1. The molecule has 0 spiro atoms. The largest absolute Gasteiger partial charge is 0.504 e. The van der Waals surface area contributed by atoms with Crippen molar-refractivity contribution < 1.29 is 37.0 Å². The highest BCUT2D eigenvalue weighted by Gasteiger charge is 2.26. The van der Waals surface area contributed by atoms with Crippen LogP contribution in [-0.2, 0) is 0 Å². The smallest absolute Gasteiger partial charge is 0.205 e. The molecule has 0 aliphatic rings. The van der Waals surface area contributed by atoms with Gasteiger partial charge >= 0.3 is 0 Å². The van der Waals surface area contributed by atoms with E-state index >= 15 is 0 Å². The summed E-state index contributed by atoms with van der Waals surface area (Å²) >= 11 is 0. The molecule has 0 radical (unpaired) electrons. The minimum atomic E-state index is -1.65. The first-order valence-corrected chi connectivity index (χ1v) is 7.60. The number of furan rings is 1. The Morgan fingerprint density at radius 2 is 1.78 bits per heavy atom. The van der Waals surface area contributed by atoms with Crippen molar-refractivity contribution in [2.75, 3.05) is 14.2 Å². The predicted octanol–water partition coefficient (Wildman–Crippen LogP) is 4.47. The lowest BCUT2D eigenvalue weighted by Crippen LogP contribution is -2.02. The molecule has 5 nitrogen and oxygen atoms in total. The topological polar surface area (TPSA) is 68.9 Å². The van der Waals surface area contributed by atoms with Crippen molar-refractivity contribution in [1.29, 1.82) is 0 Å². The van der Waals surface area contributed by atoms with E-state index in [0.29, 0.717) is 5.39 Å². The van der Waals surface area contributed by atoms with Crippen molar-refractivity contribution in [3.63, 3.8) is 0 Å². The Balaban J connectivity index is 2.11. The number of halogens is 3. The third-order valence-corrected chi connectivity index (χ3v) is 3.93. The maximum absolute atomic E-state index is 13.7. The molecule has 140 valence electrons. The number of ketones is 1. The highest BCUT2D eigenvalue weighted by Crippen LogP contribution is 2.45. The Bertz CT molecular complexity index is 1070. The number of fused-ring (bicyclic) bond motifs is 1. The first-order chi connectivity index (χ1) is 12.9. The summed E-state index contributed by atoms with van der Waals surface area (Å²) in [7, 11) is 2.58. The van der Waals surface area contributed by atoms with Crippen LogP contribution in [-0.4, -0.2) is 25.1 Å². The number of phenols is 1. The maximum atomic E-state index is 13.7. The first kappa shape index (κ1) is 18.4. The van der Waals surface area contributed by atoms with Gasteiger partial charge in [0.15, 0.2) is 34.6 Å². The second-order valence-corrected chi connectivity index (χ2v) is 5.42. The van der Waals surface area contributed by atoms with Gasteiger partial charge in [-0.1, -0.05) is 0 Å². The Morgan fingerprint density at radius 1 is 1.07 bits per heavy atom. The van der Waals surface area contributed by atoms with Gasteiger partial charge in [-0.05, 0) is 30.4 Å². The lowest BCUT2D eigenvalue weighted by molar-refractivity contribution is 0.104. The number of hydrogen-bond donors (Lipinski definition) is 1. The second-order valence-electron chi connectivity index (χ2n) is 5.42. The standard InChI is InChI=1S/C19H13F3O5/c1-25-17-10-7-8-27-18(10)19(26-2)16(24)13(17)12(23)6-4-9-3-5-11(20)15(22)14(9)21/h3-8,24H,1-2H3/b6-4+. The number of methoxy groups -OCH3 is 2. The number of hydrogen-bond acceptors (Lipinski definition) is 5. The molecule has 0 unspecified atom stereocenters. The van der Waals surface area contributed by atoms with Crippen molar-refractivity contribution in [2.24, 2.45) is 0 Å². The summed E-state index contributed by atoms with van der Waals surface area (Å²) in [6, 6.07) is 3.24. The van der Waals surface area contributed by atoms with Crippen LogP contribution in [0.1, 0.15) is 15.9 Å². The molecule has 3 rings (SSSR count). The molecule has 1 heterocycles. The van der Waals surface area contributed by atoms with Gasteiger partial charge in [0.25, 0.3) is 0 Å². The summed E-state index contributed by atoms with van der Waals surface area (Å²) in [6.07, 6.45) is 3.19. The van der Waals surface area contributed by atoms with Crippen LogP contribution in [0.15, 0.2) is 35.0 Å². The van der Waals surface area contributed by atoms with Crippen molar-refractivity contribution in [2.45, 2.75) is 0 Å². The van der Waals surface area contributed by atoms with E-state index in [2.05, 4.69) is 0 Å². The van der Waals surface area contributed by atoms with E-state index < -0.39 is 29.0 Å². The number of carbonyl (C=O) groups is 1. The van der Waals surface area contributed by atoms with E-state index in [1.165, 1.54) is 26.5 Å². The third-order valence-electron chi connectivity index (χ3n) is 3.93. The zero-order valence-corrected chi connectivity index (χ0v) is 14.2. The van der Waals surface area contributed by atoms with Gasteiger partial charge in [0.05, 0.1) is 25.9 Å². The summed E-state index contributed by atoms with van der Waals surface area (Å²) in [6.45, 7) is 0. The number of rotatable bonds is 5.